The van der Waals surface area contributed by atoms with Crippen molar-refractivity contribution in [2.75, 3.05) is 5.32 Å². The summed E-state index contributed by atoms with van der Waals surface area (Å²) < 4.78 is 14.0. The number of carbonyl (C=O) groups excluding carboxylic acids is 1. The van der Waals surface area contributed by atoms with Crippen molar-refractivity contribution in [3.63, 3.8) is 0 Å². The number of benzene rings is 1. The van der Waals surface area contributed by atoms with E-state index in [0.717, 1.165) is 42.5 Å². The van der Waals surface area contributed by atoms with Gasteiger partial charge in [-0.1, -0.05) is 36.6 Å². The third-order valence-electron chi connectivity index (χ3n) is 5.83. The quantitative estimate of drug-likeness (QED) is 0.796. The van der Waals surface area contributed by atoms with Crippen LogP contribution in [0.3, 0.4) is 0 Å². The highest BCUT2D eigenvalue weighted by Gasteiger charge is 2.44. The van der Waals surface area contributed by atoms with Crippen molar-refractivity contribution in [1.29, 1.82) is 0 Å². The van der Waals surface area contributed by atoms with Gasteiger partial charge >= 0.3 is 0 Å². The zero-order valence-corrected chi connectivity index (χ0v) is 18.1. The number of nitrogens with one attached hydrogen (secondary N) is 1. The molecule has 1 atom stereocenters. The van der Waals surface area contributed by atoms with Crippen molar-refractivity contribution < 1.29 is 9.00 Å². The SMILES string of the molecule is CC(C)(C)n1nc2c(c1NC(=O)C1(c3ccc(Cl)cc3)CCCC1)C[S@](=O)C2. The standard InChI is InChI=1S/C21H26ClN3O2S/c1-20(2,3)25-18(16-12-28(27)13-17(16)24-25)23-19(26)21(10-4-5-11-21)14-6-8-15(22)9-7-14/h6-9H,4-5,10-13H2,1-3H3,(H,23,26)/t28-/m0/s1. The predicted molar refractivity (Wildman–Crippen MR) is 113 cm³/mol. The van der Waals surface area contributed by atoms with E-state index in [1.807, 2.05) is 28.9 Å². The van der Waals surface area contributed by atoms with Crippen LogP contribution < -0.4 is 5.32 Å². The molecule has 1 aromatic carbocycles. The molecule has 1 saturated carbocycles. The van der Waals surface area contributed by atoms with Gasteiger partial charge in [-0.05, 0) is 51.3 Å². The van der Waals surface area contributed by atoms with E-state index in [0.29, 0.717) is 22.3 Å². The molecule has 0 saturated heterocycles. The number of amides is 1. The van der Waals surface area contributed by atoms with Gasteiger partial charge in [-0.3, -0.25) is 9.00 Å². The van der Waals surface area contributed by atoms with E-state index in [-0.39, 0.29) is 11.4 Å². The van der Waals surface area contributed by atoms with E-state index in [1.165, 1.54) is 0 Å². The lowest BCUT2D eigenvalue weighted by Crippen LogP contribution is -2.39. The van der Waals surface area contributed by atoms with Crippen LogP contribution in [0.1, 0.15) is 63.3 Å². The Kier molecular flexibility index (Phi) is 4.91. The minimum absolute atomic E-state index is 0.00166. The van der Waals surface area contributed by atoms with Gasteiger partial charge in [0.05, 0.1) is 28.2 Å². The number of fused-ring (bicyclic) bond motifs is 1. The van der Waals surface area contributed by atoms with Crippen LogP contribution in [0.2, 0.25) is 5.02 Å². The summed E-state index contributed by atoms with van der Waals surface area (Å²) in [5.41, 5.74) is 1.94. The Morgan fingerprint density at radius 3 is 2.43 bits per heavy atom. The molecule has 2 aromatic rings. The smallest absolute Gasteiger partial charge is 0.236 e. The molecule has 1 amide bonds. The second-order valence-corrected chi connectivity index (χ2v) is 10.7. The number of rotatable bonds is 3. The molecule has 1 N–H and O–H groups in total. The predicted octanol–water partition coefficient (Wildman–Crippen LogP) is 4.50. The number of hydrogen-bond acceptors (Lipinski definition) is 3. The maximum atomic E-state index is 13.6. The van der Waals surface area contributed by atoms with Gasteiger partial charge < -0.3 is 5.32 Å². The van der Waals surface area contributed by atoms with Crippen LogP contribution in [0, 0.1) is 0 Å². The summed E-state index contributed by atoms with van der Waals surface area (Å²) in [6.07, 6.45) is 3.68. The second kappa shape index (κ2) is 6.99. The Balaban J connectivity index is 1.73. The van der Waals surface area contributed by atoms with Gasteiger partial charge in [0.15, 0.2) is 0 Å². The molecule has 0 spiro atoms. The van der Waals surface area contributed by atoms with E-state index in [4.69, 9.17) is 16.7 Å². The Morgan fingerprint density at radius 1 is 1.18 bits per heavy atom. The third kappa shape index (κ3) is 3.30. The van der Waals surface area contributed by atoms with Crippen LogP contribution in [-0.2, 0) is 38.1 Å². The molecule has 1 aliphatic carbocycles. The molecule has 1 aliphatic heterocycles. The molecule has 2 heterocycles. The summed E-state index contributed by atoms with van der Waals surface area (Å²) in [6.45, 7) is 6.19. The lowest BCUT2D eigenvalue weighted by atomic mass is 9.78. The summed E-state index contributed by atoms with van der Waals surface area (Å²) in [4.78, 5) is 13.6. The highest BCUT2D eigenvalue weighted by atomic mass is 35.5. The molecular formula is C21H26ClN3O2S. The number of halogens is 1. The Morgan fingerprint density at radius 2 is 1.82 bits per heavy atom. The first-order valence-corrected chi connectivity index (χ1v) is 11.6. The topological polar surface area (TPSA) is 64.0 Å². The molecule has 5 nitrogen and oxygen atoms in total. The summed E-state index contributed by atoms with van der Waals surface area (Å²) in [6, 6.07) is 7.64. The van der Waals surface area contributed by atoms with Gasteiger partial charge in [0, 0.05) is 21.4 Å². The Hall–Kier alpha value is -1.66. The summed E-state index contributed by atoms with van der Waals surface area (Å²) >= 11 is 6.07. The van der Waals surface area contributed by atoms with E-state index in [2.05, 4.69) is 26.1 Å². The van der Waals surface area contributed by atoms with Gasteiger partial charge in [-0.15, -0.1) is 0 Å². The zero-order valence-electron chi connectivity index (χ0n) is 16.5. The Bertz CT molecular complexity index is 938. The van der Waals surface area contributed by atoms with Gasteiger partial charge in [0.25, 0.3) is 0 Å². The number of carbonyl (C=O) groups is 1. The van der Waals surface area contributed by atoms with E-state index < -0.39 is 16.2 Å². The number of hydrogen-bond donors (Lipinski definition) is 1. The normalized spacial score (nSPS) is 20.9. The lowest BCUT2D eigenvalue weighted by Gasteiger charge is -2.30. The van der Waals surface area contributed by atoms with E-state index in [9.17, 15) is 9.00 Å². The summed E-state index contributed by atoms with van der Waals surface area (Å²) in [5, 5.41) is 8.57. The van der Waals surface area contributed by atoms with Crippen LogP contribution in [0.15, 0.2) is 24.3 Å². The van der Waals surface area contributed by atoms with E-state index in [1.54, 1.807) is 0 Å². The van der Waals surface area contributed by atoms with Crippen molar-refractivity contribution in [3.8, 4) is 0 Å². The third-order valence-corrected chi connectivity index (χ3v) is 7.28. The minimum atomic E-state index is -0.941. The minimum Gasteiger partial charge on any atom is -0.310 e. The van der Waals surface area contributed by atoms with Gasteiger partial charge in [-0.2, -0.15) is 5.10 Å². The van der Waals surface area contributed by atoms with Crippen LogP contribution in [-0.4, -0.2) is 19.9 Å². The molecule has 2 aliphatic rings. The first-order chi connectivity index (χ1) is 13.2. The van der Waals surface area contributed by atoms with Gasteiger partial charge in [0.2, 0.25) is 5.91 Å². The van der Waals surface area contributed by atoms with Crippen LogP contribution >= 0.6 is 11.6 Å². The molecule has 4 rings (SSSR count). The second-order valence-electron chi connectivity index (χ2n) is 8.84. The first-order valence-electron chi connectivity index (χ1n) is 9.74. The van der Waals surface area contributed by atoms with Crippen molar-refractivity contribution in [3.05, 3.63) is 46.1 Å². The van der Waals surface area contributed by atoms with Gasteiger partial charge in [0.1, 0.15) is 5.82 Å². The van der Waals surface area contributed by atoms with Crippen molar-refractivity contribution in [2.24, 2.45) is 0 Å². The van der Waals surface area contributed by atoms with E-state index >= 15 is 0 Å². The number of nitrogens with zero attached hydrogens (tertiary/aromatic N) is 2. The fraction of sp³-hybridized carbons (Fsp3) is 0.524. The van der Waals surface area contributed by atoms with Crippen molar-refractivity contribution in [2.45, 2.75) is 68.9 Å². The summed E-state index contributed by atoms with van der Waals surface area (Å²) in [5.74, 6) is 1.62. The zero-order chi connectivity index (χ0) is 20.1. The van der Waals surface area contributed by atoms with Crippen LogP contribution in [0.4, 0.5) is 5.82 Å². The molecular weight excluding hydrogens is 394 g/mol. The molecule has 1 aromatic heterocycles. The average molecular weight is 420 g/mol. The molecule has 0 unspecified atom stereocenters. The van der Waals surface area contributed by atoms with Crippen molar-refractivity contribution >= 4 is 34.1 Å². The van der Waals surface area contributed by atoms with Crippen LogP contribution in [0.5, 0.6) is 0 Å². The highest BCUT2D eigenvalue weighted by Crippen LogP contribution is 2.43. The maximum absolute atomic E-state index is 13.6. The fourth-order valence-corrected chi connectivity index (χ4v) is 5.75. The number of aromatic nitrogens is 2. The first kappa shape index (κ1) is 19.6. The average Bonchev–Trinajstić information content (AvgIpc) is 3.31. The molecule has 0 radical (unpaired) electrons. The molecule has 28 heavy (non-hydrogen) atoms. The summed E-state index contributed by atoms with van der Waals surface area (Å²) in [7, 11) is -0.941. The largest absolute Gasteiger partial charge is 0.310 e. The molecule has 0 bridgehead atoms. The fourth-order valence-electron chi connectivity index (χ4n) is 4.36. The highest BCUT2D eigenvalue weighted by molar-refractivity contribution is 7.83. The van der Waals surface area contributed by atoms with Gasteiger partial charge in [-0.25, -0.2) is 4.68 Å². The monoisotopic (exact) mass is 419 g/mol. The number of anilines is 1. The maximum Gasteiger partial charge on any atom is 0.236 e. The molecule has 1 fully saturated rings. The molecule has 7 heteroatoms. The Labute approximate surface area is 173 Å². The van der Waals surface area contributed by atoms with Crippen LogP contribution in [0.25, 0.3) is 0 Å². The van der Waals surface area contributed by atoms with Crippen molar-refractivity contribution in [1.82, 2.24) is 9.78 Å². The molecule has 150 valence electrons. The lowest BCUT2D eigenvalue weighted by molar-refractivity contribution is -0.121.